The summed E-state index contributed by atoms with van der Waals surface area (Å²) in [5.74, 6) is -0.0341. The van der Waals surface area contributed by atoms with Crippen molar-refractivity contribution in [3.05, 3.63) is 87.3 Å². The summed E-state index contributed by atoms with van der Waals surface area (Å²) in [5.41, 5.74) is 1.38. The number of hydrogen-bond donors (Lipinski definition) is 1. The molecule has 0 spiro atoms. The van der Waals surface area contributed by atoms with Crippen LogP contribution >= 0.6 is 11.6 Å². The Morgan fingerprint density at radius 1 is 1.14 bits per heavy atom. The number of halogens is 1. The van der Waals surface area contributed by atoms with Crippen LogP contribution < -0.4 is 5.32 Å². The molecule has 1 N–H and O–H groups in total. The highest BCUT2D eigenvalue weighted by molar-refractivity contribution is 6.34. The number of hydrogen-bond acceptors (Lipinski definition) is 5. The normalized spacial score (nSPS) is 10.8. The van der Waals surface area contributed by atoms with Gasteiger partial charge in [0.25, 0.3) is 11.6 Å². The molecular formula is C20H14ClN5O3. The molecule has 8 nitrogen and oxygen atoms in total. The van der Waals surface area contributed by atoms with E-state index in [0.717, 1.165) is 10.8 Å². The van der Waals surface area contributed by atoms with E-state index < -0.39 is 10.8 Å². The maximum absolute atomic E-state index is 12.8. The van der Waals surface area contributed by atoms with E-state index in [2.05, 4.69) is 15.4 Å². The summed E-state index contributed by atoms with van der Waals surface area (Å²) in [4.78, 5) is 27.3. The van der Waals surface area contributed by atoms with Gasteiger partial charge in [-0.3, -0.25) is 14.9 Å². The summed E-state index contributed by atoms with van der Waals surface area (Å²) in [6.45, 7) is 1.78. The number of carbonyl (C=O) groups is 1. The van der Waals surface area contributed by atoms with Crippen LogP contribution in [0.4, 0.5) is 11.5 Å². The van der Waals surface area contributed by atoms with E-state index >= 15 is 0 Å². The molecule has 144 valence electrons. The van der Waals surface area contributed by atoms with Crippen LogP contribution in [0.25, 0.3) is 16.5 Å². The molecule has 0 fully saturated rings. The lowest BCUT2D eigenvalue weighted by Gasteiger charge is -2.09. The highest BCUT2D eigenvalue weighted by Crippen LogP contribution is 2.24. The van der Waals surface area contributed by atoms with Gasteiger partial charge in [0, 0.05) is 23.6 Å². The Balaban J connectivity index is 1.66. The van der Waals surface area contributed by atoms with E-state index in [1.54, 1.807) is 31.2 Å². The number of aromatic nitrogens is 3. The van der Waals surface area contributed by atoms with Crippen molar-refractivity contribution in [1.29, 1.82) is 0 Å². The van der Waals surface area contributed by atoms with E-state index in [4.69, 9.17) is 11.6 Å². The van der Waals surface area contributed by atoms with E-state index in [1.807, 2.05) is 24.3 Å². The third-order valence-corrected chi connectivity index (χ3v) is 4.59. The van der Waals surface area contributed by atoms with Crippen molar-refractivity contribution in [3.63, 3.8) is 0 Å². The Hall–Kier alpha value is -3.78. The van der Waals surface area contributed by atoms with Crippen LogP contribution in [-0.2, 0) is 0 Å². The van der Waals surface area contributed by atoms with Gasteiger partial charge >= 0.3 is 0 Å². The maximum Gasteiger partial charge on any atom is 0.275 e. The number of non-ortho nitro benzene ring substituents is 1. The first kappa shape index (κ1) is 18.6. The lowest BCUT2D eigenvalue weighted by molar-refractivity contribution is -0.384. The molecule has 4 aromatic rings. The summed E-state index contributed by atoms with van der Waals surface area (Å²) in [6, 6.07) is 16.6. The number of aryl methyl sites for hydroxylation is 1. The van der Waals surface area contributed by atoms with Gasteiger partial charge in [-0.1, -0.05) is 35.9 Å². The molecular weight excluding hydrogens is 394 g/mol. The van der Waals surface area contributed by atoms with E-state index in [1.165, 1.54) is 16.8 Å². The van der Waals surface area contributed by atoms with Gasteiger partial charge in [0.15, 0.2) is 0 Å². The van der Waals surface area contributed by atoms with Crippen molar-refractivity contribution < 1.29 is 9.72 Å². The summed E-state index contributed by atoms with van der Waals surface area (Å²) in [7, 11) is 0. The molecule has 0 unspecified atom stereocenters. The molecule has 0 saturated carbocycles. The summed E-state index contributed by atoms with van der Waals surface area (Å²) >= 11 is 6.22. The van der Waals surface area contributed by atoms with Gasteiger partial charge in [-0.25, -0.2) is 9.67 Å². The third kappa shape index (κ3) is 3.65. The van der Waals surface area contributed by atoms with Gasteiger partial charge in [0.2, 0.25) is 0 Å². The maximum atomic E-state index is 12.8. The number of pyridine rings is 1. The number of amides is 1. The largest absolute Gasteiger partial charge is 0.305 e. The number of nitro benzene ring substituents is 1. The molecule has 0 atom stereocenters. The van der Waals surface area contributed by atoms with E-state index in [9.17, 15) is 14.9 Å². The lowest BCUT2D eigenvalue weighted by Crippen LogP contribution is -2.16. The van der Waals surface area contributed by atoms with E-state index in [-0.39, 0.29) is 16.5 Å². The topological polar surface area (TPSA) is 103 Å². The van der Waals surface area contributed by atoms with Gasteiger partial charge in [0.05, 0.1) is 16.3 Å². The molecule has 2 aromatic heterocycles. The Bertz CT molecular complexity index is 1250. The number of rotatable bonds is 4. The molecule has 2 aromatic carbocycles. The Morgan fingerprint density at radius 2 is 1.86 bits per heavy atom. The minimum Gasteiger partial charge on any atom is -0.305 e. The van der Waals surface area contributed by atoms with Gasteiger partial charge in [-0.05, 0) is 30.5 Å². The average Bonchev–Trinajstić information content (AvgIpc) is 3.08. The number of benzene rings is 2. The highest BCUT2D eigenvalue weighted by atomic mass is 35.5. The molecule has 9 heteroatoms. The fourth-order valence-corrected chi connectivity index (χ4v) is 3.22. The highest BCUT2D eigenvalue weighted by Gasteiger charge is 2.16. The number of anilines is 1. The van der Waals surface area contributed by atoms with Crippen molar-refractivity contribution in [2.75, 3.05) is 5.32 Å². The predicted molar refractivity (Wildman–Crippen MR) is 110 cm³/mol. The Kier molecular flexibility index (Phi) is 4.69. The molecule has 0 radical (unpaired) electrons. The molecule has 0 bridgehead atoms. The number of nitro groups is 1. The molecule has 0 aliphatic heterocycles. The fraction of sp³-hybridized carbons (Fsp3) is 0.0500. The van der Waals surface area contributed by atoms with Crippen LogP contribution in [0.1, 0.15) is 16.2 Å². The van der Waals surface area contributed by atoms with Crippen LogP contribution in [0.2, 0.25) is 5.15 Å². The zero-order chi connectivity index (χ0) is 20.5. The van der Waals surface area contributed by atoms with Gasteiger partial charge in [-0.2, -0.15) is 5.10 Å². The summed E-state index contributed by atoms with van der Waals surface area (Å²) in [6.07, 6.45) is 0. The molecule has 1 amide bonds. The molecule has 0 aliphatic rings. The molecule has 29 heavy (non-hydrogen) atoms. The van der Waals surface area contributed by atoms with E-state index in [0.29, 0.717) is 17.2 Å². The van der Waals surface area contributed by atoms with Crippen LogP contribution in [0.5, 0.6) is 0 Å². The predicted octanol–water partition coefficient (Wildman–Crippen LogP) is 4.54. The average molecular weight is 408 g/mol. The van der Waals surface area contributed by atoms with Gasteiger partial charge in [0.1, 0.15) is 16.7 Å². The Morgan fingerprint density at radius 3 is 2.59 bits per heavy atom. The molecule has 0 aliphatic carbocycles. The quantitative estimate of drug-likeness (QED) is 0.304. The zero-order valence-corrected chi connectivity index (χ0v) is 15.9. The van der Waals surface area contributed by atoms with Crippen molar-refractivity contribution in [2.45, 2.75) is 6.92 Å². The smallest absolute Gasteiger partial charge is 0.275 e. The van der Waals surface area contributed by atoms with Crippen molar-refractivity contribution in [2.24, 2.45) is 0 Å². The van der Waals surface area contributed by atoms with Crippen molar-refractivity contribution in [3.8, 4) is 5.69 Å². The first-order valence-electron chi connectivity index (χ1n) is 8.60. The zero-order valence-electron chi connectivity index (χ0n) is 15.2. The molecule has 2 heterocycles. The second kappa shape index (κ2) is 7.33. The number of nitrogens with one attached hydrogen (secondary N) is 1. The lowest BCUT2D eigenvalue weighted by atomic mass is 10.1. The van der Waals surface area contributed by atoms with Crippen LogP contribution in [0, 0.1) is 17.0 Å². The molecule has 0 saturated heterocycles. The SMILES string of the molecule is Cc1cc(NC(=O)c2cc3ccccc3c(Cl)n2)n(-c2ccc([N+](=O)[O-])cc2)n1. The second-order valence-electron chi connectivity index (χ2n) is 6.33. The minimum atomic E-state index is -0.476. The number of carbonyl (C=O) groups excluding carboxylic acids is 1. The number of fused-ring (bicyclic) bond motifs is 1. The van der Waals surface area contributed by atoms with Crippen molar-refractivity contribution in [1.82, 2.24) is 14.8 Å². The van der Waals surface area contributed by atoms with Crippen LogP contribution in [0.15, 0.2) is 60.7 Å². The monoisotopic (exact) mass is 407 g/mol. The third-order valence-electron chi connectivity index (χ3n) is 4.30. The number of nitrogens with zero attached hydrogens (tertiary/aromatic N) is 4. The van der Waals surface area contributed by atoms with Gasteiger partial charge in [-0.15, -0.1) is 0 Å². The summed E-state index contributed by atoms with van der Waals surface area (Å²) < 4.78 is 1.50. The second-order valence-corrected chi connectivity index (χ2v) is 6.69. The molecule has 4 rings (SSSR count). The standard InChI is InChI=1S/C20H14ClN5O3/c1-12-10-18(25(24-12)14-6-8-15(9-7-14)26(28)29)23-20(27)17-11-13-4-2-3-5-16(13)19(21)22-17/h2-11H,1H3,(H,23,27). The first-order valence-corrected chi connectivity index (χ1v) is 8.98. The van der Waals surface area contributed by atoms with Crippen molar-refractivity contribution >= 4 is 39.8 Å². The van der Waals surface area contributed by atoms with Crippen LogP contribution in [-0.4, -0.2) is 25.6 Å². The Labute approximate surface area is 169 Å². The first-order chi connectivity index (χ1) is 13.9. The fourth-order valence-electron chi connectivity index (χ4n) is 2.95. The van der Waals surface area contributed by atoms with Crippen LogP contribution in [0.3, 0.4) is 0 Å². The minimum absolute atomic E-state index is 0.0294. The summed E-state index contributed by atoms with van der Waals surface area (Å²) in [5, 5.41) is 19.8. The van der Waals surface area contributed by atoms with Gasteiger partial charge < -0.3 is 5.32 Å².